The van der Waals surface area contributed by atoms with Crippen molar-refractivity contribution in [1.29, 1.82) is 0 Å². The van der Waals surface area contributed by atoms with Crippen LogP contribution in [0.5, 0.6) is 0 Å². The van der Waals surface area contributed by atoms with Crippen LogP contribution < -0.4 is 0 Å². The van der Waals surface area contributed by atoms with E-state index < -0.39 is 58.4 Å². The zero-order valence-electron chi connectivity index (χ0n) is 16.1. The third-order valence-electron chi connectivity index (χ3n) is 3.04. The summed E-state index contributed by atoms with van der Waals surface area (Å²) in [5.41, 5.74) is 6.11. The molecule has 1 aliphatic carbocycles. The van der Waals surface area contributed by atoms with Gasteiger partial charge in [-0.3, -0.25) is 0 Å². The Balaban J connectivity index is -0.000000164. The molecular formula is C10H16F18RhSb3. The molecule has 0 atom stereocenters. The van der Waals surface area contributed by atoms with Crippen molar-refractivity contribution in [2.75, 3.05) is 0 Å². The van der Waals surface area contributed by atoms with Gasteiger partial charge in [-0.05, 0) is 44.8 Å². The number of rotatable bonds is 0. The minimum atomic E-state index is -11.2. The Hall–Kier alpha value is 1.30. The second kappa shape index (κ2) is 8.42. The molecule has 0 aliphatic heterocycles. The minimum Gasteiger partial charge on any atom is 3.00 e. The van der Waals surface area contributed by atoms with Crippen LogP contribution in [0, 0.1) is 5.92 Å². The predicted octanol–water partition coefficient (Wildman–Crippen LogP) is 9.73. The standard InChI is InChI=1S/C10H16.18FH.Rh.3Sb/c1-6-7(2)9(4)10(5)8(6)3;;;;;;;;;;;;;;;;;;;;;;/h6H,1-5H3;18*1H;;;;/q;;;;;;;;;;;;;;;;;;;+3;3*+5/p-18. The molecular weight excluding hydrogens is 930 g/mol. The summed E-state index contributed by atoms with van der Waals surface area (Å²) in [6.07, 6.45) is 0. The second-order valence-corrected chi connectivity index (χ2v) is 22.6. The molecule has 22 heteroatoms. The van der Waals surface area contributed by atoms with Gasteiger partial charge < -0.3 is 0 Å². The first-order chi connectivity index (χ1) is 11.9. The molecule has 0 saturated heterocycles. The van der Waals surface area contributed by atoms with E-state index in [4.69, 9.17) is 0 Å². The Morgan fingerprint density at radius 2 is 0.500 bits per heavy atom. The van der Waals surface area contributed by atoms with Crippen LogP contribution in [0.2, 0.25) is 0 Å². The van der Waals surface area contributed by atoms with E-state index in [0.29, 0.717) is 5.92 Å². The van der Waals surface area contributed by atoms with E-state index in [9.17, 15) is 50.6 Å². The van der Waals surface area contributed by atoms with Gasteiger partial charge in [0, 0.05) is 0 Å². The molecule has 0 heterocycles. The number of hydrogen-bond donors (Lipinski definition) is 0. The average Bonchev–Trinajstić information content (AvgIpc) is 2.34. The molecule has 0 aromatic heterocycles. The molecule has 0 fully saturated rings. The van der Waals surface area contributed by atoms with E-state index in [1.807, 2.05) is 0 Å². The van der Waals surface area contributed by atoms with Crippen molar-refractivity contribution < 1.29 is 70.1 Å². The zero-order chi connectivity index (χ0) is 27.1. The van der Waals surface area contributed by atoms with Crippen LogP contribution in [0.3, 0.4) is 0 Å². The van der Waals surface area contributed by atoms with Gasteiger partial charge in [0.15, 0.2) is 0 Å². The molecule has 0 unspecified atom stereocenters. The molecule has 0 N–H and O–H groups in total. The average molecular weight is 946 g/mol. The molecule has 0 radical (unpaired) electrons. The van der Waals surface area contributed by atoms with Crippen LogP contribution in [-0.2, 0) is 19.5 Å². The van der Waals surface area contributed by atoms with Crippen LogP contribution in [0.15, 0.2) is 22.3 Å². The smallest absolute Gasteiger partial charge is 3.00 e. The van der Waals surface area contributed by atoms with E-state index in [1.54, 1.807) is 11.1 Å². The summed E-state index contributed by atoms with van der Waals surface area (Å²) in [5.74, 6) is 0.694. The first kappa shape index (κ1) is 40.5. The second-order valence-electron chi connectivity index (χ2n) is 6.21. The maximum atomic E-state index is 9.93. The van der Waals surface area contributed by atoms with Crippen LogP contribution >= 0.6 is 0 Å². The molecule has 0 aromatic rings. The van der Waals surface area contributed by atoms with Crippen molar-refractivity contribution in [2.24, 2.45) is 5.92 Å². The van der Waals surface area contributed by atoms with Crippen molar-refractivity contribution in [2.45, 2.75) is 34.6 Å². The maximum absolute atomic E-state index is 11.2. The topological polar surface area (TPSA) is 0 Å². The first-order valence-corrected chi connectivity index (χ1v) is 24.3. The number of allylic oxidation sites excluding steroid dienone is 4. The van der Waals surface area contributed by atoms with E-state index >= 15 is 0 Å². The van der Waals surface area contributed by atoms with Crippen molar-refractivity contribution in [1.82, 2.24) is 0 Å². The van der Waals surface area contributed by atoms with Crippen LogP contribution in [0.25, 0.3) is 0 Å². The molecule has 1 aliphatic rings. The third-order valence-corrected chi connectivity index (χ3v) is 3.04. The summed E-state index contributed by atoms with van der Waals surface area (Å²) in [4.78, 5) is 0. The third kappa shape index (κ3) is 63.3. The predicted molar refractivity (Wildman–Crippen MR) is 83.1 cm³/mol. The van der Waals surface area contributed by atoms with Gasteiger partial charge in [-0.1, -0.05) is 18.1 Å². The fourth-order valence-corrected chi connectivity index (χ4v) is 1.57. The number of halogens is 18. The molecule has 32 heavy (non-hydrogen) atoms. The molecule has 1 rings (SSSR count). The van der Waals surface area contributed by atoms with Gasteiger partial charge >= 0.3 is 129 Å². The molecule has 0 bridgehead atoms. The van der Waals surface area contributed by atoms with Crippen molar-refractivity contribution in [3.8, 4) is 0 Å². The quantitative estimate of drug-likeness (QED) is 0.168. The van der Waals surface area contributed by atoms with Crippen molar-refractivity contribution >= 4 is 58.4 Å². The molecule has 0 aromatic carbocycles. The molecule has 0 nitrogen and oxygen atoms in total. The Morgan fingerprint density at radius 3 is 0.531 bits per heavy atom. The van der Waals surface area contributed by atoms with E-state index in [1.165, 1.54) is 11.1 Å². The number of hydrogen-bond acceptors (Lipinski definition) is 0. The Labute approximate surface area is 189 Å². The molecule has 0 amide bonds. The molecule has 0 spiro atoms. The fraction of sp³-hybridized carbons (Fsp3) is 0.600. The summed E-state index contributed by atoms with van der Waals surface area (Å²) >= 11 is -33.8. The van der Waals surface area contributed by atoms with E-state index in [0.717, 1.165) is 0 Å². The van der Waals surface area contributed by atoms with Gasteiger partial charge in [0.05, 0.1) is 0 Å². The normalized spacial score (nSPS) is 21.8. The van der Waals surface area contributed by atoms with Crippen molar-refractivity contribution in [3.63, 3.8) is 0 Å². The summed E-state index contributed by atoms with van der Waals surface area (Å²) < 4.78 is 179. The Morgan fingerprint density at radius 1 is 0.406 bits per heavy atom. The first-order valence-electron chi connectivity index (χ1n) is 6.95. The largest absolute Gasteiger partial charge is 3.00 e. The van der Waals surface area contributed by atoms with E-state index in [-0.39, 0.29) is 19.5 Å². The van der Waals surface area contributed by atoms with Gasteiger partial charge in [0.1, 0.15) is 0 Å². The van der Waals surface area contributed by atoms with E-state index in [2.05, 4.69) is 34.6 Å². The van der Waals surface area contributed by atoms with Crippen LogP contribution in [0.4, 0.5) is 50.6 Å². The molecule has 0 saturated carbocycles. The minimum absolute atomic E-state index is 0. The summed E-state index contributed by atoms with van der Waals surface area (Å²) in [5, 5.41) is 0. The Kier molecular flexibility index (Phi) is 10.6. The van der Waals surface area contributed by atoms with Crippen LogP contribution in [0.1, 0.15) is 34.6 Å². The van der Waals surface area contributed by atoms with Gasteiger partial charge in [0.25, 0.3) is 0 Å². The van der Waals surface area contributed by atoms with Gasteiger partial charge in [0.2, 0.25) is 0 Å². The van der Waals surface area contributed by atoms with Crippen LogP contribution in [-0.4, -0.2) is 58.4 Å². The Bertz CT molecular complexity index is 618. The molecule has 206 valence electrons. The van der Waals surface area contributed by atoms with Crippen molar-refractivity contribution in [3.05, 3.63) is 22.3 Å². The van der Waals surface area contributed by atoms with Gasteiger partial charge in [-0.2, -0.15) is 0 Å². The summed E-state index contributed by atoms with van der Waals surface area (Å²) in [7, 11) is 0. The maximum Gasteiger partial charge on any atom is 3.00 e. The summed E-state index contributed by atoms with van der Waals surface area (Å²) in [6.45, 7) is 11.2. The fourth-order valence-electron chi connectivity index (χ4n) is 1.57. The summed E-state index contributed by atoms with van der Waals surface area (Å²) in [6, 6.07) is 0. The monoisotopic (exact) mass is 944 g/mol. The SMILES string of the molecule is CC1=C(C)C(C)C(C)=C1C.[F][Sb-]([F])([F])([F])([F])[F].[F][Sb-]([F])([F])([F])([F])[F].[F][Sb-]([F])([F])([F])([F])[F].[Rh+3]. The van der Waals surface area contributed by atoms with Gasteiger partial charge in [-0.15, -0.1) is 0 Å². The van der Waals surface area contributed by atoms with Gasteiger partial charge in [-0.25, -0.2) is 0 Å². The zero-order valence-corrected chi connectivity index (χ0v) is 25.4.